The minimum Gasteiger partial charge on any atom is -0.0622 e. The third-order valence-corrected chi connectivity index (χ3v) is 3.16. The molecule has 0 saturated carbocycles. The van der Waals surface area contributed by atoms with Crippen LogP contribution in [0.2, 0.25) is 0 Å². The lowest BCUT2D eigenvalue weighted by Crippen LogP contribution is -1.79. The second kappa shape index (κ2) is 6.03. The fraction of sp³-hybridized carbons (Fsp3) is 0. The summed E-state index contributed by atoms with van der Waals surface area (Å²) in [6.45, 7) is 0. The van der Waals surface area contributed by atoms with Crippen molar-refractivity contribution in [3.8, 4) is 11.1 Å². The molecule has 1 radical (unpaired) electrons. The molecule has 0 unspecified atom stereocenters. The topological polar surface area (TPSA) is 0 Å². The number of rotatable bonds is 3. The first-order valence-corrected chi connectivity index (χ1v) is 6.73. The summed E-state index contributed by atoms with van der Waals surface area (Å²) in [5.74, 6) is 0. The Morgan fingerprint density at radius 3 is 2.05 bits per heavy atom. The predicted molar refractivity (Wildman–Crippen MR) is 86.1 cm³/mol. The van der Waals surface area contributed by atoms with E-state index in [0.717, 1.165) is 11.1 Å². The molecule has 0 aliphatic rings. The lowest BCUT2D eigenvalue weighted by molar-refractivity contribution is 1.58. The Morgan fingerprint density at radius 2 is 1.30 bits per heavy atom. The summed E-state index contributed by atoms with van der Waals surface area (Å²) in [6, 6.07) is 30.3. The minimum atomic E-state index is 1.09. The van der Waals surface area contributed by atoms with Crippen molar-refractivity contribution in [3.05, 3.63) is 96.1 Å². The molecule has 20 heavy (non-hydrogen) atoms. The van der Waals surface area contributed by atoms with Crippen LogP contribution in [-0.2, 0) is 0 Å². The van der Waals surface area contributed by atoms with E-state index >= 15 is 0 Å². The van der Waals surface area contributed by atoms with Crippen molar-refractivity contribution in [2.75, 3.05) is 0 Å². The zero-order chi connectivity index (χ0) is 13.6. The van der Waals surface area contributed by atoms with Crippen LogP contribution in [0.4, 0.5) is 0 Å². The standard InChI is InChI=1S/C20H15/c1-3-8-17(9-4-1)14-15-18-10-7-13-20(16-18)19-11-5-2-6-12-19/h1-15H. The van der Waals surface area contributed by atoms with Crippen molar-refractivity contribution in [1.29, 1.82) is 0 Å². The summed E-state index contributed by atoms with van der Waals surface area (Å²) in [6.07, 6.45) is 4.21. The average Bonchev–Trinajstić information content (AvgIpc) is 2.55. The zero-order valence-corrected chi connectivity index (χ0v) is 11.2. The van der Waals surface area contributed by atoms with Gasteiger partial charge in [-0.3, -0.25) is 0 Å². The third-order valence-electron chi connectivity index (χ3n) is 3.16. The largest absolute Gasteiger partial charge is 0.0622 e. The van der Waals surface area contributed by atoms with E-state index in [1.165, 1.54) is 11.1 Å². The Kier molecular flexibility index (Phi) is 3.75. The normalized spacial score (nSPS) is 10.8. The van der Waals surface area contributed by atoms with Crippen LogP contribution in [0, 0.1) is 6.07 Å². The van der Waals surface area contributed by atoms with Crippen LogP contribution in [0.5, 0.6) is 0 Å². The Morgan fingerprint density at radius 1 is 0.600 bits per heavy atom. The van der Waals surface area contributed by atoms with Crippen LogP contribution in [0.15, 0.2) is 78.9 Å². The number of hydrogen-bond acceptors (Lipinski definition) is 0. The maximum atomic E-state index is 3.44. The second-order valence-electron chi connectivity index (χ2n) is 4.63. The molecule has 0 heterocycles. The van der Waals surface area contributed by atoms with E-state index in [4.69, 9.17) is 0 Å². The highest BCUT2D eigenvalue weighted by Crippen LogP contribution is 2.20. The van der Waals surface area contributed by atoms with E-state index in [1.54, 1.807) is 0 Å². The number of hydrogen-bond donors (Lipinski definition) is 0. The summed E-state index contributed by atoms with van der Waals surface area (Å²) < 4.78 is 0. The first-order chi connectivity index (χ1) is 9.92. The highest BCUT2D eigenvalue weighted by Gasteiger charge is 1.97. The molecule has 0 aliphatic heterocycles. The average molecular weight is 255 g/mol. The third kappa shape index (κ3) is 3.04. The van der Waals surface area contributed by atoms with E-state index in [-0.39, 0.29) is 0 Å². The van der Waals surface area contributed by atoms with E-state index < -0.39 is 0 Å². The Balaban J connectivity index is 1.87. The van der Waals surface area contributed by atoms with Crippen molar-refractivity contribution in [3.63, 3.8) is 0 Å². The molecule has 3 aromatic carbocycles. The van der Waals surface area contributed by atoms with Gasteiger partial charge in [-0.25, -0.2) is 0 Å². The Hall–Kier alpha value is -2.60. The molecule has 3 aromatic rings. The van der Waals surface area contributed by atoms with Gasteiger partial charge in [-0.1, -0.05) is 91.0 Å². The summed E-state index contributed by atoms with van der Waals surface area (Å²) in [4.78, 5) is 0. The first kappa shape index (κ1) is 12.4. The molecule has 0 fully saturated rings. The molecule has 3 rings (SSSR count). The zero-order valence-electron chi connectivity index (χ0n) is 11.2. The van der Waals surface area contributed by atoms with Gasteiger partial charge in [-0.05, 0) is 28.3 Å². The summed E-state index contributed by atoms with van der Waals surface area (Å²) in [5, 5.41) is 0. The van der Waals surface area contributed by atoms with Gasteiger partial charge in [0, 0.05) is 0 Å². The van der Waals surface area contributed by atoms with Crippen LogP contribution < -0.4 is 0 Å². The fourth-order valence-electron chi connectivity index (χ4n) is 2.12. The first-order valence-electron chi connectivity index (χ1n) is 6.73. The summed E-state index contributed by atoms with van der Waals surface area (Å²) in [5.41, 5.74) is 4.62. The lowest BCUT2D eigenvalue weighted by Gasteiger charge is -2.02. The molecular formula is C20H15. The number of benzene rings is 3. The van der Waals surface area contributed by atoms with E-state index in [2.05, 4.69) is 72.8 Å². The highest BCUT2D eigenvalue weighted by molar-refractivity contribution is 5.73. The van der Waals surface area contributed by atoms with Gasteiger partial charge in [-0.2, -0.15) is 0 Å². The van der Waals surface area contributed by atoms with Crippen LogP contribution in [-0.4, -0.2) is 0 Å². The molecule has 0 heteroatoms. The van der Waals surface area contributed by atoms with Gasteiger partial charge in [0.05, 0.1) is 0 Å². The van der Waals surface area contributed by atoms with Gasteiger partial charge in [-0.15, -0.1) is 0 Å². The molecule has 0 N–H and O–H groups in total. The molecule has 0 bridgehead atoms. The van der Waals surface area contributed by atoms with Crippen molar-refractivity contribution in [2.24, 2.45) is 0 Å². The van der Waals surface area contributed by atoms with Crippen molar-refractivity contribution in [1.82, 2.24) is 0 Å². The second-order valence-corrected chi connectivity index (χ2v) is 4.63. The molecule has 0 amide bonds. The predicted octanol–water partition coefficient (Wildman–Crippen LogP) is 5.32. The molecule has 0 aromatic heterocycles. The van der Waals surface area contributed by atoms with Gasteiger partial charge in [0.2, 0.25) is 0 Å². The van der Waals surface area contributed by atoms with Crippen molar-refractivity contribution >= 4 is 12.2 Å². The van der Waals surface area contributed by atoms with Crippen LogP contribution in [0.3, 0.4) is 0 Å². The van der Waals surface area contributed by atoms with Gasteiger partial charge in [0.15, 0.2) is 0 Å². The maximum Gasteiger partial charge on any atom is -0.00206 e. The SMILES string of the molecule is [c]1c(C=Cc2ccccc2)cccc1-c1ccccc1. The molecule has 95 valence electrons. The van der Waals surface area contributed by atoms with Crippen LogP contribution >= 0.6 is 0 Å². The monoisotopic (exact) mass is 255 g/mol. The molecule has 0 saturated heterocycles. The van der Waals surface area contributed by atoms with Crippen LogP contribution in [0.1, 0.15) is 11.1 Å². The highest BCUT2D eigenvalue weighted by atomic mass is 14.0. The Labute approximate surface area is 120 Å². The van der Waals surface area contributed by atoms with E-state index in [9.17, 15) is 0 Å². The molecule has 0 aliphatic carbocycles. The molecular weight excluding hydrogens is 240 g/mol. The Bertz CT molecular complexity index is 694. The molecule has 0 nitrogen and oxygen atoms in total. The fourth-order valence-corrected chi connectivity index (χ4v) is 2.12. The lowest BCUT2D eigenvalue weighted by atomic mass is 10.0. The quantitative estimate of drug-likeness (QED) is 0.555. The van der Waals surface area contributed by atoms with Gasteiger partial charge >= 0.3 is 0 Å². The van der Waals surface area contributed by atoms with Crippen molar-refractivity contribution < 1.29 is 0 Å². The van der Waals surface area contributed by atoms with Gasteiger partial charge in [0.25, 0.3) is 0 Å². The summed E-state index contributed by atoms with van der Waals surface area (Å²) >= 11 is 0. The summed E-state index contributed by atoms with van der Waals surface area (Å²) in [7, 11) is 0. The van der Waals surface area contributed by atoms with E-state index in [1.807, 2.05) is 24.3 Å². The van der Waals surface area contributed by atoms with Gasteiger partial charge in [0.1, 0.15) is 0 Å². The van der Waals surface area contributed by atoms with Gasteiger partial charge < -0.3 is 0 Å². The minimum absolute atomic E-state index is 1.09. The maximum absolute atomic E-state index is 3.44. The van der Waals surface area contributed by atoms with Crippen molar-refractivity contribution in [2.45, 2.75) is 0 Å². The van der Waals surface area contributed by atoms with Crippen LogP contribution in [0.25, 0.3) is 23.3 Å². The molecule has 0 atom stereocenters. The molecule has 0 spiro atoms. The smallest absolute Gasteiger partial charge is 0.00206 e. The van der Waals surface area contributed by atoms with E-state index in [0.29, 0.717) is 0 Å².